The first-order chi connectivity index (χ1) is 9.74. The van der Waals surface area contributed by atoms with E-state index in [9.17, 15) is 19.1 Å². The molecule has 2 amide bonds. The Morgan fingerprint density at radius 1 is 1.33 bits per heavy atom. The summed E-state index contributed by atoms with van der Waals surface area (Å²) in [6.07, 6.45) is 0. The Morgan fingerprint density at radius 2 is 1.95 bits per heavy atom. The van der Waals surface area contributed by atoms with Crippen molar-refractivity contribution in [2.45, 2.75) is 26.4 Å². The zero-order chi connectivity index (χ0) is 16.0. The molecule has 0 saturated carbocycles. The number of nitrogens with one attached hydrogen (secondary N) is 1. The van der Waals surface area contributed by atoms with Crippen LogP contribution in [0.5, 0.6) is 0 Å². The molecule has 1 aromatic rings. The van der Waals surface area contributed by atoms with Gasteiger partial charge in [0, 0.05) is 13.1 Å². The van der Waals surface area contributed by atoms with Gasteiger partial charge in [0.1, 0.15) is 5.82 Å². The molecular weight excluding hydrogens is 275 g/mol. The highest BCUT2D eigenvalue weighted by atomic mass is 19.1. The third kappa shape index (κ3) is 5.51. The number of benzene rings is 1. The number of hydrogen-bond donors (Lipinski definition) is 2. The molecular formula is C15H21FN2O3. The Bertz CT molecular complexity index is 512. The second-order valence-electron chi connectivity index (χ2n) is 5.38. The minimum absolute atomic E-state index is 0.101. The summed E-state index contributed by atoms with van der Waals surface area (Å²) in [5.41, 5.74) is -1.11. The van der Waals surface area contributed by atoms with Crippen molar-refractivity contribution in [3.8, 4) is 0 Å². The second kappa shape index (κ2) is 7.17. The third-order valence-electron chi connectivity index (χ3n) is 2.83. The van der Waals surface area contributed by atoms with Crippen LogP contribution >= 0.6 is 0 Å². The smallest absolute Gasteiger partial charge is 0.254 e. The largest absolute Gasteiger partial charge is 0.389 e. The van der Waals surface area contributed by atoms with Gasteiger partial charge in [-0.05, 0) is 32.9 Å². The van der Waals surface area contributed by atoms with Crippen LogP contribution in [-0.2, 0) is 4.79 Å². The Kier molecular flexibility index (Phi) is 5.84. The minimum atomic E-state index is -1.01. The summed E-state index contributed by atoms with van der Waals surface area (Å²) in [6.45, 7) is 5.32. The average molecular weight is 296 g/mol. The molecule has 0 atom stereocenters. The van der Waals surface area contributed by atoms with Crippen molar-refractivity contribution in [2.75, 3.05) is 19.6 Å². The van der Waals surface area contributed by atoms with Crippen LogP contribution in [0.2, 0.25) is 0 Å². The number of carbonyl (C=O) groups is 2. The van der Waals surface area contributed by atoms with E-state index in [4.69, 9.17) is 0 Å². The number of amides is 2. The Labute approximate surface area is 123 Å². The molecule has 0 unspecified atom stereocenters. The Morgan fingerprint density at radius 3 is 2.48 bits per heavy atom. The molecule has 0 aromatic heterocycles. The van der Waals surface area contributed by atoms with Gasteiger partial charge in [-0.15, -0.1) is 0 Å². The van der Waals surface area contributed by atoms with Crippen LogP contribution in [0.4, 0.5) is 4.39 Å². The molecule has 1 aromatic carbocycles. The predicted molar refractivity (Wildman–Crippen MR) is 77.3 cm³/mol. The molecule has 0 aliphatic heterocycles. The Hall–Kier alpha value is -1.95. The van der Waals surface area contributed by atoms with Gasteiger partial charge in [-0.2, -0.15) is 0 Å². The molecule has 0 spiro atoms. The van der Waals surface area contributed by atoms with Gasteiger partial charge in [0.2, 0.25) is 5.91 Å². The number of rotatable bonds is 6. The lowest BCUT2D eigenvalue weighted by atomic mass is 10.1. The van der Waals surface area contributed by atoms with Gasteiger partial charge in [0.15, 0.2) is 0 Å². The molecule has 6 heteroatoms. The van der Waals surface area contributed by atoms with Crippen molar-refractivity contribution < 1.29 is 19.1 Å². The predicted octanol–water partition coefficient (Wildman–Crippen LogP) is 1.17. The summed E-state index contributed by atoms with van der Waals surface area (Å²) in [6, 6.07) is 5.57. The molecule has 0 aliphatic carbocycles. The van der Waals surface area contributed by atoms with E-state index >= 15 is 0 Å². The second-order valence-corrected chi connectivity index (χ2v) is 5.38. The molecule has 0 saturated heterocycles. The van der Waals surface area contributed by atoms with E-state index in [0.717, 1.165) is 0 Å². The minimum Gasteiger partial charge on any atom is -0.389 e. The van der Waals surface area contributed by atoms with E-state index in [0.29, 0.717) is 6.54 Å². The molecule has 1 rings (SSSR count). The van der Waals surface area contributed by atoms with Gasteiger partial charge in [0.05, 0.1) is 17.7 Å². The topological polar surface area (TPSA) is 69.6 Å². The summed E-state index contributed by atoms with van der Waals surface area (Å²) in [4.78, 5) is 25.2. The zero-order valence-electron chi connectivity index (χ0n) is 12.5. The highest BCUT2D eigenvalue weighted by Gasteiger charge is 2.21. The summed E-state index contributed by atoms with van der Waals surface area (Å²) in [5.74, 6) is -1.60. The molecule has 2 N–H and O–H groups in total. The standard InChI is InChI=1S/C15H21FN2O3/c1-4-18(10-15(2,3)21)13(19)9-17-14(20)11-7-5-6-8-12(11)16/h5-8,21H,4,9-10H2,1-3H3,(H,17,20). The molecule has 0 aliphatic rings. The van der Waals surface area contributed by atoms with Gasteiger partial charge >= 0.3 is 0 Å². The van der Waals surface area contributed by atoms with Crippen molar-refractivity contribution >= 4 is 11.8 Å². The van der Waals surface area contributed by atoms with Crippen molar-refractivity contribution in [2.24, 2.45) is 0 Å². The fourth-order valence-electron chi connectivity index (χ4n) is 1.85. The van der Waals surface area contributed by atoms with Crippen LogP contribution < -0.4 is 5.32 Å². The maximum Gasteiger partial charge on any atom is 0.254 e. The highest BCUT2D eigenvalue weighted by Crippen LogP contribution is 2.07. The average Bonchev–Trinajstić information content (AvgIpc) is 2.41. The Balaban J connectivity index is 2.60. The van der Waals surface area contributed by atoms with E-state index in [1.165, 1.54) is 23.1 Å². The molecule has 0 heterocycles. The van der Waals surface area contributed by atoms with E-state index in [1.807, 2.05) is 0 Å². The van der Waals surface area contributed by atoms with Gasteiger partial charge in [-0.25, -0.2) is 4.39 Å². The fraction of sp³-hybridized carbons (Fsp3) is 0.467. The van der Waals surface area contributed by atoms with Gasteiger partial charge in [-0.3, -0.25) is 9.59 Å². The van der Waals surface area contributed by atoms with E-state index < -0.39 is 17.3 Å². The number of carbonyl (C=O) groups excluding carboxylic acids is 2. The maximum absolute atomic E-state index is 13.4. The fourth-order valence-corrected chi connectivity index (χ4v) is 1.85. The summed E-state index contributed by atoms with van der Waals surface area (Å²) in [7, 11) is 0. The summed E-state index contributed by atoms with van der Waals surface area (Å²) in [5, 5.41) is 12.1. The number of likely N-dealkylation sites (N-methyl/N-ethyl adjacent to an activating group) is 1. The van der Waals surface area contributed by atoms with Gasteiger partial charge in [-0.1, -0.05) is 12.1 Å². The first-order valence-corrected chi connectivity index (χ1v) is 6.77. The SMILES string of the molecule is CCN(CC(C)(C)O)C(=O)CNC(=O)c1ccccc1F. The van der Waals surface area contributed by atoms with Crippen LogP contribution in [0.3, 0.4) is 0 Å². The monoisotopic (exact) mass is 296 g/mol. The highest BCUT2D eigenvalue weighted by molar-refractivity contribution is 5.96. The molecule has 21 heavy (non-hydrogen) atoms. The number of nitrogens with zero attached hydrogens (tertiary/aromatic N) is 1. The van der Waals surface area contributed by atoms with Crippen molar-refractivity contribution in [1.82, 2.24) is 10.2 Å². The normalized spacial score (nSPS) is 11.1. The summed E-state index contributed by atoms with van der Waals surface area (Å²) < 4.78 is 13.4. The third-order valence-corrected chi connectivity index (χ3v) is 2.83. The van der Waals surface area contributed by atoms with Gasteiger partial charge < -0.3 is 15.3 Å². The number of hydrogen-bond acceptors (Lipinski definition) is 3. The lowest BCUT2D eigenvalue weighted by Crippen LogP contribution is -2.46. The molecule has 0 bridgehead atoms. The molecule has 0 fully saturated rings. The number of halogens is 1. The molecule has 0 radical (unpaired) electrons. The first-order valence-electron chi connectivity index (χ1n) is 6.77. The van der Waals surface area contributed by atoms with Crippen LogP contribution in [0.25, 0.3) is 0 Å². The van der Waals surface area contributed by atoms with Crippen molar-refractivity contribution in [3.63, 3.8) is 0 Å². The van der Waals surface area contributed by atoms with Crippen LogP contribution in [-0.4, -0.2) is 47.1 Å². The lowest BCUT2D eigenvalue weighted by molar-refractivity contribution is -0.132. The van der Waals surface area contributed by atoms with Gasteiger partial charge in [0.25, 0.3) is 5.91 Å². The quantitative estimate of drug-likeness (QED) is 0.828. The van der Waals surface area contributed by atoms with E-state index in [1.54, 1.807) is 26.8 Å². The lowest BCUT2D eigenvalue weighted by Gasteiger charge is -2.28. The summed E-state index contributed by atoms with van der Waals surface area (Å²) >= 11 is 0. The van der Waals surface area contributed by atoms with Crippen molar-refractivity contribution in [1.29, 1.82) is 0 Å². The zero-order valence-corrected chi connectivity index (χ0v) is 12.5. The van der Waals surface area contributed by atoms with Crippen LogP contribution in [0.15, 0.2) is 24.3 Å². The first kappa shape index (κ1) is 17.1. The van der Waals surface area contributed by atoms with Crippen molar-refractivity contribution in [3.05, 3.63) is 35.6 Å². The van der Waals surface area contributed by atoms with E-state index in [2.05, 4.69) is 5.32 Å². The van der Waals surface area contributed by atoms with E-state index in [-0.39, 0.29) is 24.6 Å². The van der Waals surface area contributed by atoms with Crippen LogP contribution in [0.1, 0.15) is 31.1 Å². The molecule has 116 valence electrons. The maximum atomic E-state index is 13.4. The van der Waals surface area contributed by atoms with Crippen LogP contribution in [0, 0.1) is 5.82 Å². The number of aliphatic hydroxyl groups is 1. The molecule has 5 nitrogen and oxygen atoms in total.